The van der Waals surface area contributed by atoms with Gasteiger partial charge in [0.25, 0.3) is 15.7 Å². The summed E-state index contributed by atoms with van der Waals surface area (Å²) in [7, 11) is -5.52. The summed E-state index contributed by atoms with van der Waals surface area (Å²) in [5.74, 6) is -0.557. The van der Waals surface area contributed by atoms with Crippen LogP contribution in [-0.2, 0) is 9.84 Å². The number of carbonyl (C=O) groups excluding carboxylic acids is 1. The highest BCUT2D eigenvalue weighted by Gasteiger charge is 2.47. The number of halogens is 3. The Morgan fingerprint density at radius 2 is 1.67 bits per heavy atom. The highest BCUT2D eigenvalue weighted by Crippen LogP contribution is 2.34. The quantitative estimate of drug-likeness (QED) is 0.786. The summed E-state index contributed by atoms with van der Waals surface area (Å²) in [6.07, 6.45) is 0. The topological polar surface area (TPSA) is 75.3 Å². The molecule has 2 aromatic rings. The number of benzene rings is 2. The summed E-state index contributed by atoms with van der Waals surface area (Å²) in [5, 5.41) is 5.37. The van der Waals surface area contributed by atoms with Crippen LogP contribution < -0.4 is 10.6 Å². The molecule has 0 aliphatic carbocycles. The lowest BCUT2D eigenvalue weighted by Crippen LogP contribution is -2.23. The molecule has 5 nitrogen and oxygen atoms in total. The van der Waals surface area contributed by atoms with E-state index in [-0.39, 0.29) is 5.69 Å². The van der Waals surface area contributed by atoms with Crippen molar-refractivity contribution < 1.29 is 26.4 Å². The fraction of sp³-hybridized carbons (Fsp3) is 0.278. The van der Waals surface area contributed by atoms with Gasteiger partial charge in [0.15, 0.2) is 0 Å². The van der Waals surface area contributed by atoms with Crippen LogP contribution in [0.4, 0.5) is 24.5 Å². The zero-order valence-electron chi connectivity index (χ0n) is 14.9. The highest BCUT2D eigenvalue weighted by atomic mass is 32.2. The first-order valence-electron chi connectivity index (χ1n) is 8.05. The molecule has 2 rings (SSSR count). The Balaban J connectivity index is 2.45. The molecular weight excluding hydrogens is 381 g/mol. The molecule has 9 heteroatoms. The van der Waals surface area contributed by atoms with Gasteiger partial charge in [0.1, 0.15) is 0 Å². The Labute approximate surface area is 155 Å². The van der Waals surface area contributed by atoms with E-state index in [2.05, 4.69) is 10.6 Å². The normalized spacial score (nSPS) is 11.9. The minimum Gasteiger partial charge on any atom is -0.384 e. The van der Waals surface area contributed by atoms with Gasteiger partial charge in [-0.25, -0.2) is 8.42 Å². The van der Waals surface area contributed by atoms with Gasteiger partial charge in [0, 0.05) is 12.1 Å². The molecule has 1 amide bonds. The summed E-state index contributed by atoms with van der Waals surface area (Å²) in [6, 6.07) is 7.83. The number of alkyl halides is 3. The Morgan fingerprint density at radius 3 is 2.22 bits per heavy atom. The molecule has 0 aliphatic heterocycles. The van der Waals surface area contributed by atoms with Crippen molar-refractivity contribution in [3.63, 3.8) is 0 Å². The molecule has 0 saturated heterocycles. The van der Waals surface area contributed by atoms with E-state index in [1.807, 2.05) is 13.8 Å². The summed E-state index contributed by atoms with van der Waals surface area (Å²) in [6.45, 7) is 5.89. The van der Waals surface area contributed by atoms with Crippen LogP contribution in [0, 0.1) is 13.8 Å². The third kappa shape index (κ3) is 4.41. The maximum atomic E-state index is 12.8. The standard InChI is InChI=1S/C18H19F3N2O3S/c1-4-22-15-8-7-14(27(25,26)18(19,20)21)10-16(15)23-17(24)13-6-5-11(2)12(3)9-13/h5-10,22H,4H2,1-3H3,(H,23,24). The largest absolute Gasteiger partial charge is 0.501 e. The lowest BCUT2D eigenvalue weighted by molar-refractivity contribution is -0.0436. The molecule has 0 atom stereocenters. The Kier molecular flexibility index (Phi) is 5.84. The van der Waals surface area contributed by atoms with Gasteiger partial charge in [-0.2, -0.15) is 13.2 Å². The number of anilines is 2. The Hall–Kier alpha value is -2.55. The van der Waals surface area contributed by atoms with Crippen LogP contribution >= 0.6 is 0 Å². The van der Waals surface area contributed by atoms with E-state index in [4.69, 9.17) is 0 Å². The fourth-order valence-electron chi connectivity index (χ4n) is 2.35. The Morgan fingerprint density at radius 1 is 1.00 bits per heavy atom. The summed E-state index contributed by atoms with van der Waals surface area (Å²) in [5.41, 5.74) is -2.99. The molecule has 0 bridgehead atoms. The first-order valence-corrected chi connectivity index (χ1v) is 9.53. The summed E-state index contributed by atoms with van der Waals surface area (Å²) in [4.78, 5) is 11.5. The minimum atomic E-state index is -5.52. The second kappa shape index (κ2) is 7.59. The van der Waals surface area contributed by atoms with Gasteiger partial charge in [-0.1, -0.05) is 6.07 Å². The molecule has 0 radical (unpaired) electrons. The molecule has 0 fully saturated rings. The molecule has 0 spiro atoms. The van der Waals surface area contributed by atoms with E-state index in [1.54, 1.807) is 25.1 Å². The lowest BCUT2D eigenvalue weighted by atomic mass is 10.1. The number of carbonyl (C=O) groups is 1. The van der Waals surface area contributed by atoms with Crippen molar-refractivity contribution in [3.05, 3.63) is 53.1 Å². The van der Waals surface area contributed by atoms with Crippen LogP contribution in [0.1, 0.15) is 28.4 Å². The molecule has 0 aromatic heterocycles. The van der Waals surface area contributed by atoms with Gasteiger partial charge in [-0.05, 0) is 62.2 Å². The molecule has 2 aromatic carbocycles. The van der Waals surface area contributed by atoms with Crippen molar-refractivity contribution in [1.82, 2.24) is 0 Å². The zero-order valence-corrected chi connectivity index (χ0v) is 15.8. The average Bonchev–Trinajstić information content (AvgIpc) is 2.57. The van der Waals surface area contributed by atoms with Crippen LogP contribution in [0.2, 0.25) is 0 Å². The third-order valence-corrected chi connectivity index (χ3v) is 5.47. The maximum absolute atomic E-state index is 12.8. The Bertz CT molecular complexity index is 970. The van der Waals surface area contributed by atoms with E-state index in [0.29, 0.717) is 17.8 Å². The molecule has 146 valence electrons. The number of aryl methyl sites for hydroxylation is 2. The number of nitrogens with one attached hydrogen (secondary N) is 2. The summed E-state index contributed by atoms with van der Waals surface area (Å²) < 4.78 is 61.8. The molecular formula is C18H19F3N2O3S. The van der Waals surface area contributed by atoms with Crippen molar-refractivity contribution in [2.45, 2.75) is 31.2 Å². The smallest absolute Gasteiger partial charge is 0.384 e. The first kappa shape index (κ1) is 20.8. The van der Waals surface area contributed by atoms with Gasteiger partial charge in [-0.15, -0.1) is 0 Å². The van der Waals surface area contributed by atoms with Crippen molar-refractivity contribution in [2.24, 2.45) is 0 Å². The SMILES string of the molecule is CCNc1ccc(S(=O)(=O)C(F)(F)F)cc1NC(=O)c1ccc(C)c(C)c1. The molecule has 27 heavy (non-hydrogen) atoms. The predicted molar refractivity (Wildman–Crippen MR) is 97.7 cm³/mol. The lowest BCUT2D eigenvalue weighted by Gasteiger charge is -2.15. The van der Waals surface area contributed by atoms with Crippen molar-refractivity contribution in [1.29, 1.82) is 0 Å². The van der Waals surface area contributed by atoms with Crippen LogP contribution in [0.3, 0.4) is 0 Å². The van der Waals surface area contributed by atoms with Crippen molar-refractivity contribution in [3.8, 4) is 0 Å². The van der Waals surface area contributed by atoms with E-state index < -0.39 is 26.1 Å². The molecule has 2 N–H and O–H groups in total. The number of sulfone groups is 1. The first-order chi connectivity index (χ1) is 12.5. The van der Waals surface area contributed by atoms with Crippen LogP contribution in [0.25, 0.3) is 0 Å². The molecule has 0 unspecified atom stereocenters. The predicted octanol–water partition coefficient (Wildman–Crippen LogP) is 4.28. The molecule has 0 heterocycles. The monoisotopic (exact) mass is 400 g/mol. The zero-order chi connectivity index (χ0) is 20.4. The van der Waals surface area contributed by atoms with Crippen molar-refractivity contribution >= 4 is 27.1 Å². The van der Waals surface area contributed by atoms with E-state index >= 15 is 0 Å². The van der Waals surface area contributed by atoms with Gasteiger partial charge < -0.3 is 10.6 Å². The van der Waals surface area contributed by atoms with E-state index in [9.17, 15) is 26.4 Å². The number of hydrogen-bond donors (Lipinski definition) is 2. The molecule has 0 saturated carbocycles. The highest BCUT2D eigenvalue weighted by molar-refractivity contribution is 7.92. The van der Waals surface area contributed by atoms with Crippen LogP contribution in [0.5, 0.6) is 0 Å². The average molecular weight is 400 g/mol. The number of rotatable bonds is 5. The van der Waals surface area contributed by atoms with Gasteiger partial charge in [-0.3, -0.25) is 4.79 Å². The van der Waals surface area contributed by atoms with E-state index in [0.717, 1.165) is 23.3 Å². The third-order valence-electron chi connectivity index (χ3n) is 3.99. The van der Waals surface area contributed by atoms with Crippen molar-refractivity contribution in [2.75, 3.05) is 17.2 Å². The number of amides is 1. The van der Waals surface area contributed by atoms with Gasteiger partial charge in [0.05, 0.1) is 16.3 Å². The molecule has 0 aliphatic rings. The maximum Gasteiger partial charge on any atom is 0.501 e. The van der Waals surface area contributed by atoms with Gasteiger partial charge >= 0.3 is 5.51 Å². The van der Waals surface area contributed by atoms with Crippen LogP contribution in [0.15, 0.2) is 41.3 Å². The summed E-state index contributed by atoms with van der Waals surface area (Å²) >= 11 is 0. The van der Waals surface area contributed by atoms with Crippen LogP contribution in [-0.4, -0.2) is 26.4 Å². The van der Waals surface area contributed by atoms with E-state index in [1.165, 1.54) is 6.07 Å². The number of hydrogen-bond acceptors (Lipinski definition) is 4. The fourth-order valence-corrected chi connectivity index (χ4v) is 3.14. The second-order valence-electron chi connectivity index (χ2n) is 5.94. The second-order valence-corrected chi connectivity index (χ2v) is 7.88. The minimum absolute atomic E-state index is 0.0506. The van der Waals surface area contributed by atoms with Gasteiger partial charge in [0.2, 0.25) is 0 Å².